The largest absolute Gasteiger partial charge is 0.452 e. The summed E-state index contributed by atoms with van der Waals surface area (Å²) in [7, 11) is 4.17. The molecule has 0 radical (unpaired) electrons. The molecule has 0 saturated carbocycles. The van der Waals surface area contributed by atoms with Gasteiger partial charge in [0.15, 0.2) is 0 Å². The Balaban J connectivity index is 2.13. The van der Waals surface area contributed by atoms with E-state index in [0.717, 1.165) is 5.75 Å². The summed E-state index contributed by atoms with van der Waals surface area (Å²) in [5.41, 5.74) is 1.23. The van der Waals surface area contributed by atoms with Crippen molar-refractivity contribution in [2.75, 3.05) is 7.11 Å². The van der Waals surface area contributed by atoms with E-state index >= 15 is 0 Å². The molecule has 1 aromatic carbocycles. The molecule has 0 aliphatic carbocycles. The van der Waals surface area contributed by atoms with Crippen molar-refractivity contribution in [1.82, 2.24) is 4.72 Å². The van der Waals surface area contributed by atoms with Crippen molar-refractivity contribution in [2.45, 2.75) is 5.75 Å². The van der Waals surface area contributed by atoms with Gasteiger partial charge in [0, 0.05) is 16.7 Å². The quantitative estimate of drug-likeness (QED) is 0.489. The van der Waals surface area contributed by atoms with Gasteiger partial charge < -0.3 is 4.74 Å². The predicted octanol–water partition coefficient (Wildman–Crippen LogP) is 2.84. The minimum Gasteiger partial charge on any atom is -0.452 e. The number of carbonyl (C=O) groups is 1. The Morgan fingerprint density at radius 3 is 2.79 bits per heavy atom. The molecule has 0 fully saturated rings. The molecule has 1 aromatic rings. The van der Waals surface area contributed by atoms with Crippen LogP contribution in [0.1, 0.15) is 5.56 Å². The maximum atomic E-state index is 10.7. The maximum absolute atomic E-state index is 10.7. The van der Waals surface area contributed by atoms with Crippen LogP contribution in [0.15, 0.2) is 30.3 Å². The number of carbonyl (C=O) groups excluding carboxylic acids is 1. The lowest BCUT2D eigenvalue weighted by Gasteiger charge is -2.01. The van der Waals surface area contributed by atoms with Gasteiger partial charge in [-0.2, -0.15) is 0 Å². The Morgan fingerprint density at radius 2 is 2.14 bits per heavy atom. The summed E-state index contributed by atoms with van der Waals surface area (Å²) in [4.78, 5) is 10.7. The zero-order chi connectivity index (χ0) is 10.2. The number of benzene rings is 1. The lowest BCUT2D eigenvalue weighted by Crippen LogP contribution is -2.13. The van der Waals surface area contributed by atoms with E-state index in [2.05, 4.69) is 9.46 Å². The molecule has 0 spiro atoms. The van der Waals surface area contributed by atoms with E-state index in [9.17, 15) is 4.79 Å². The lowest BCUT2D eigenvalue weighted by molar-refractivity contribution is 0.178. The van der Waals surface area contributed by atoms with Gasteiger partial charge in [-0.05, 0) is 5.56 Å². The summed E-state index contributed by atoms with van der Waals surface area (Å²) in [6.45, 7) is 0. The van der Waals surface area contributed by atoms with Crippen molar-refractivity contribution >= 4 is 27.9 Å². The van der Waals surface area contributed by atoms with Crippen molar-refractivity contribution in [3.63, 3.8) is 0 Å². The van der Waals surface area contributed by atoms with Gasteiger partial charge in [0.05, 0.1) is 7.11 Å². The predicted molar refractivity (Wildman–Crippen MR) is 60.9 cm³/mol. The number of rotatable bonds is 4. The molecule has 0 heterocycles. The number of methoxy groups -OCH3 is 1. The minimum absolute atomic E-state index is 0.421. The van der Waals surface area contributed by atoms with Crippen LogP contribution >= 0.6 is 21.8 Å². The first-order valence-electron chi connectivity index (χ1n) is 3.99. The Kier molecular flexibility index (Phi) is 5.32. The Morgan fingerprint density at radius 1 is 1.43 bits per heavy atom. The molecule has 0 aromatic heterocycles. The number of hydrogen-bond donors (Lipinski definition) is 1. The number of ether oxygens (including phenoxy) is 1. The molecule has 14 heavy (non-hydrogen) atoms. The van der Waals surface area contributed by atoms with Crippen LogP contribution in [0.5, 0.6) is 0 Å². The van der Waals surface area contributed by atoms with Crippen LogP contribution in [0.25, 0.3) is 0 Å². The SMILES string of the molecule is COC(=O)NSSCc1ccccc1. The molecule has 76 valence electrons. The summed E-state index contributed by atoms with van der Waals surface area (Å²) in [5, 5.41) is 0. The Labute approximate surface area is 91.1 Å². The highest BCUT2D eigenvalue weighted by Crippen LogP contribution is 2.22. The maximum Gasteiger partial charge on any atom is 0.417 e. The van der Waals surface area contributed by atoms with Crippen LogP contribution in [0, 0.1) is 0 Å². The fraction of sp³-hybridized carbons (Fsp3) is 0.222. The topological polar surface area (TPSA) is 38.3 Å². The molecule has 5 heteroatoms. The smallest absolute Gasteiger partial charge is 0.417 e. The van der Waals surface area contributed by atoms with Gasteiger partial charge in [-0.3, -0.25) is 4.72 Å². The molecule has 0 aliphatic rings. The average molecular weight is 229 g/mol. The van der Waals surface area contributed by atoms with Crippen LogP contribution < -0.4 is 4.72 Å². The fourth-order valence-electron chi connectivity index (χ4n) is 0.777. The monoisotopic (exact) mass is 229 g/mol. The first kappa shape index (κ1) is 11.3. The van der Waals surface area contributed by atoms with E-state index in [1.807, 2.05) is 30.3 Å². The van der Waals surface area contributed by atoms with E-state index in [1.165, 1.54) is 23.7 Å². The highest BCUT2D eigenvalue weighted by Gasteiger charge is 1.98. The van der Waals surface area contributed by atoms with Crippen LogP contribution in [-0.2, 0) is 10.5 Å². The summed E-state index contributed by atoms with van der Waals surface area (Å²) in [5.74, 6) is 0.857. The fourth-order valence-corrected chi connectivity index (χ4v) is 2.34. The van der Waals surface area contributed by atoms with Gasteiger partial charge in [-0.25, -0.2) is 4.79 Å². The van der Waals surface area contributed by atoms with Gasteiger partial charge in [-0.15, -0.1) is 0 Å². The van der Waals surface area contributed by atoms with Crippen LogP contribution in [0.3, 0.4) is 0 Å². The van der Waals surface area contributed by atoms with Crippen LogP contribution in [0.2, 0.25) is 0 Å². The van der Waals surface area contributed by atoms with Crippen molar-refractivity contribution in [1.29, 1.82) is 0 Å². The number of amides is 1. The lowest BCUT2D eigenvalue weighted by atomic mass is 10.2. The van der Waals surface area contributed by atoms with E-state index in [0.29, 0.717) is 0 Å². The standard InChI is InChI=1S/C9H11NO2S2/c1-12-9(11)10-14-13-7-8-5-3-2-4-6-8/h2-6H,7H2,1H3,(H,10,11). The van der Waals surface area contributed by atoms with Gasteiger partial charge >= 0.3 is 6.09 Å². The number of nitrogens with one attached hydrogen (secondary N) is 1. The summed E-state index contributed by atoms with van der Waals surface area (Å²) >= 11 is 0. The molecule has 0 aliphatic heterocycles. The first-order chi connectivity index (χ1) is 6.83. The van der Waals surface area contributed by atoms with Crippen molar-refractivity contribution < 1.29 is 9.53 Å². The van der Waals surface area contributed by atoms with Gasteiger partial charge in [-0.1, -0.05) is 41.1 Å². The van der Waals surface area contributed by atoms with Gasteiger partial charge in [0.2, 0.25) is 0 Å². The summed E-state index contributed by atoms with van der Waals surface area (Å²) < 4.78 is 6.94. The van der Waals surface area contributed by atoms with E-state index in [4.69, 9.17) is 0 Å². The van der Waals surface area contributed by atoms with Gasteiger partial charge in [0.25, 0.3) is 0 Å². The zero-order valence-electron chi connectivity index (χ0n) is 7.73. The Bertz CT molecular complexity index is 279. The normalized spacial score (nSPS) is 9.50. The van der Waals surface area contributed by atoms with Crippen LogP contribution in [-0.4, -0.2) is 13.2 Å². The third kappa shape index (κ3) is 4.43. The third-order valence-corrected chi connectivity index (χ3v) is 3.21. The first-order valence-corrected chi connectivity index (χ1v) is 6.31. The van der Waals surface area contributed by atoms with E-state index in [1.54, 1.807) is 10.8 Å². The van der Waals surface area contributed by atoms with E-state index < -0.39 is 6.09 Å². The van der Waals surface area contributed by atoms with E-state index in [-0.39, 0.29) is 0 Å². The molecule has 3 nitrogen and oxygen atoms in total. The molecule has 0 bridgehead atoms. The average Bonchev–Trinajstić information content (AvgIpc) is 2.25. The highest BCUT2D eigenvalue weighted by molar-refractivity contribution is 8.75. The summed E-state index contributed by atoms with van der Waals surface area (Å²) in [6, 6.07) is 10.1. The minimum atomic E-state index is -0.421. The second-order valence-corrected chi connectivity index (χ2v) is 4.53. The molecule has 1 N–H and O–H groups in total. The summed E-state index contributed by atoms with van der Waals surface area (Å²) in [6.07, 6.45) is -0.421. The van der Waals surface area contributed by atoms with Crippen molar-refractivity contribution in [3.05, 3.63) is 35.9 Å². The van der Waals surface area contributed by atoms with Gasteiger partial charge in [0.1, 0.15) is 0 Å². The Hall–Kier alpha value is -0.810. The highest BCUT2D eigenvalue weighted by atomic mass is 33.1. The molecule has 0 unspecified atom stereocenters. The van der Waals surface area contributed by atoms with Crippen LogP contribution in [0.4, 0.5) is 4.79 Å². The zero-order valence-corrected chi connectivity index (χ0v) is 9.36. The molecule has 1 rings (SSSR count). The molecule has 0 atom stereocenters. The second-order valence-electron chi connectivity index (χ2n) is 2.42. The van der Waals surface area contributed by atoms with Crippen molar-refractivity contribution in [2.24, 2.45) is 0 Å². The van der Waals surface area contributed by atoms with Crippen molar-refractivity contribution in [3.8, 4) is 0 Å². The molecular formula is C9H11NO2S2. The molecule has 0 saturated heterocycles. The molecule has 1 amide bonds. The second kappa shape index (κ2) is 6.62. The number of hydrogen-bond acceptors (Lipinski definition) is 4. The third-order valence-electron chi connectivity index (χ3n) is 1.44. The molecular weight excluding hydrogens is 218 g/mol.